The average molecular weight is 185 g/mol. The van der Waals surface area contributed by atoms with Crippen LogP contribution in [0.2, 0.25) is 0 Å². The minimum Gasteiger partial charge on any atom is -0.264 e. The molecule has 1 aromatic heterocycles. The van der Waals surface area contributed by atoms with E-state index in [1.807, 2.05) is 23.0 Å². The minimum atomic E-state index is 0.505. The summed E-state index contributed by atoms with van der Waals surface area (Å²) in [5, 5.41) is 13.9. The van der Waals surface area contributed by atoms with E-state index in [0.717, 1.165) is 5.52 Å². The molecule has 0 aliphatic rings. The number of nitrogens with zero attached hydrogens (tertiary/aromatic N) is 3. The lowest BCUT2D eigenvalue weighted by atomic mass is 10.1. The fourth-order valence-electron chi connectivity index (χ4n) is 1.58. The Hall–Kier alpha value is -1.82. The van der Waals surface area contributed by atoms with Gasteiger partial charge in [0.15, 0.2) is 0 Å². The van der Waals surface area contributed by atoms with E-state index in [1.165, 1.54) is 10.9 Å². The van der Waals surface area contributed by atoms with E-state index >= 15 is 0 Å². The predicted molar refractivity (Wildman–Crippen MR) is 54.7 cm³/mol. The second-order valence-corrected chi connectivity index (χ2v) is 3.28. The van der Waals surface area contributed by atoms with E-state index < -0.39 is 0 Å². The van der Waals surface area contributed by atoms with E-state index in [2.05, 4.69) is 24.2 Å². The van der Waals surface area contributed by atoms with Crippen molar-refractivity contribution < 1.29 is 0 Å². The van der Waals surface area contributed by atoms with E-state index in [-0.39, 0.29) is 0 Å². The molecular formula is C11H11N3. The Kier molecular flexibility index (Phi) is 2.19. The van der Waals surface area contributed by atoms with Crippen molar-refractivity contribution in [2.75, 3.05) is 0 Å². The Morgan fingerprint density at radius 2 is 2.36 bits per heavy atom. The molecule has 0 saturated carbocycles. The number of aryl methyl sites for hydroxylation is 2. The number of hydrogen-bond acceptors (Lipinski definition) is 2. The Bertz CT molecular complexity index is 491. The summed E-state index contributed by atoms with van der Waals surface area (Å²) in [5.74, 6) is 0. The van der Waals surface area contributed by atoms with Crippen molar-refractivity contribution in [1.29, 1.82) is 5.26 Å². The van der Waals surface area contributed by atoms with E-state index in [1.54, 1.807) is 0 Å². The summed E-state index contributed by atoms with van der Waals surface area (Å²) in [4.78, 5) is 0. The molecule has 2 rings (SSSR count). The summed E-state index contributed by atoms with van der Waals surface area (Å²) in [5.41, 5.74) is 2.34. The van der Waals surface area contributed by atoms with Gasteiger partial charge in [0.1, 0.15) is 0 Å². The smallest absolute Gasteiger partial charge is 0.0685 e. The van der Waals surface area contributed by atoms with Crippen LogP contribution in [0.3, 0.4) is 0 Å². The molecule has 0 spiro atoms. The summed E-state index contributed by atoms with van der Waals surface area (Å²) >= 11 is 0. The molecular weight excluding hydrogens is 174 g/mol. The van der Waals surface area contributed by atoms with Crippen LogP contribution in [-0.2, 0) is 6.54 Å². The Morgan fingerprint density at radius 3 is 3.14 bits per heavy atom. The van der Waals surface area contributed by atoms with Crippen molar-refractivity contribution >= 4 is 10.9 Å². The Balaban J connectivity index is 2.48. The fourth-order valence-corrected chi connectivity index (χ4v) is 1.58. The zero-order valence-electron chi connectivity index (χ0n) is 8.07. The third-order valence-electron chi connectivity index (χ3n) is 2.34. The van der Waals surface area contributed by atoms with Crippen LogP contribution < -0.4 is 0 Å². The molecule has 0 aliphatic heterocycles. The van der Waals surface area contributed by atoms with Gasteiger partial charge >= 0.3 is 0 Å². The van der Waals surface area contributed by atoms with Gasteiger partial charge in [-0.15, -0.1) is 0 Å². The molecule has 0 fully saturated rings. The number of benzene rings is 1. The van der Waals surface area contributed by atoms with Crippen LogP contribution in [0, 0.1) is 18.3 Å². The number of hydrogen-bond donors (Lipinski definition) is 0. The van der Waals surface area contributed by atoms with Gasteiger partial charge < -0.3 is 0 Å². The number of nitriles is 1. The van der Waals surface area contributed by atoms with Gasteiger partial charge in [-0.2, -0.15) is 10.4 Å². The second-order valence-electron chi connectivity index (χ2n) is 3.28. The quantitative estimate of drug-likeness (QED) is 0.720. The topological polar surface area (TPSA) is 41.6 Å². The van der Waals surface area contributed by atoms with Crippen molar-refractivity contribution in [3.8, 4) is 6.07 Å². The molecule has 2 aromatic rings. The molecule has 0 N–H and O–H groups in total. The predicted octanol–water partition coefficient (Wildman–Crippen LogP) is 2.26. The van der Waals surface area contributed by atoms with Gasteiger partial charge in [0.2, 0.25) is 0 Å². The highest BCUT2D eigenvalue weighted by Crippen LogP contribution is 2.17. The summed E-state index contributed by atoms with van der Waals surface area (Å²) in [6.07, 6.45) is 2.37. The van der Waals surface area contributed by atoms with E-state index in [0.29, 0.717) is 13.0 Å². The third kappa shape index (κ3) is 1.35. The molecule has 0 radical (unpaired) electrons. The molecule has 0 unspecified atom stereocenters. The van der Waals surface area contributed by atoms with Crippen molar-refractivity contribution in [2.45, 2.75) is 19.9 Å². The molecule has 14 heavy (non-hydrogen) atoms. The molecule has 70 valence electrons. The zero-order chi connectivity index (χ0) is 9.97. The molecule has 3 heteroatoms. The minimum absolute atomic E-state index is 0.505. The number of rotatable bonds is 2. The molecule has 0 bridgehead atoms. The van der Waals surface area contributed by atoms with Gasteiger partial charge in [-0.25, -0.2) is 0 Å². The molecule has 1 heterocycles. The first-order valence-electron chi connectivity index (χ1n) is 4.61. The van der Waals surface area contributed by atoms with Crippen LogP contribution in [0.15, 0.2) is 24.4 Å². The Labute approximate surface area is 82.6 Å². The summed E-state index contributed by atoms with van der Waals surface area (Å²) in [6.45, 7) is 2.74. The maximum atomic E-state index is 8.50. The zero-order valence-corrected chi connectivity index (χ0v) is 8.07. The van der Waals surface area contributed by atoms with Crippen molar-refractivity contribution in [3.05, 3.63) is 30.0 Å². The lowest BCUT2D eigenvalue weighted by molar-refractivity contribution is 0.649. The average Bonchev–Trinajstić information content (AvgIpc) is 2.60. The Morgan fingerprint density at radius 1 is 1.50 bits per heavy atom. The van der Waals surface area contributed by atoms with Crippen LogP contribution in [-0.4, -0.2) is 9.78 Å². The molecule has 0 atom stereocenters. The second kappa shape index (κ2) is 3.51. The molecule has 0 amide bonds. The van der Waals surface area contributed by atoms with Crippen molar-refractivity contribution in [1.82, 2.24) is 9.78 Å². The van der Waals surface area contributed by atoms with Gasteiger partial charge in [0.05, 0.1) is 30.7 Å². The molecule has 0 aliphatic carbocycles. The lowest BCUT2D eigenvalue weighted by Crippen LogP contribution is -1.98. The SMILES string of the molecule is Cc1cccc2c1cnn2CCC#N. The van der Waals surface area contributed by atoms with Crippen LogP contribution in [0.4, 0.5) is 0 Å². The highest BCUT2D eigenvalue weighted by atomic mass is 15.3. The largest absolute Gasteiger partial charge is 0.264 e. The van der Waals surface area contributed by atoms with Gasteiger partial charge in [-0.1, -0.05) is 12.1 Å². The van der Waals surface area contributed by atoms with E-state index in [9.17, 15) is 0 Å². The monoisotopic (exact) mass is 185 g/mol. The van der Waals surface area contributed by atoms with Gasteiger partial charge in [0.25, 0.3) is 0 Å². The first kappa shape index (κ1) is 8.76. The first-order chi connectivity index (χ1) is 6.83. The van der Waals surface area contributed by atoms with E-state index in [4.69, 9.17) is 5.26 Å². The normalized spacial score (nSPS) is 10.3. The number of aromatic nitrogens is 2. The fraction of sp³-hybridized carbons (Fsp3) is 0.273. The highest BCUT2D eigenvalue weighted by molar-refractivity contribution is 5.81. The van der Waals surface area contributed by atoms with Crippen molar-refractivity contribution in [3.63, 3.8) is 0 Å². The highest BCUT2D eigenvalue weighted by Gasteiger charge is 2.02. The maximum Gasteiger partial charge on any atom is 0.0685 e. The van der Waals surface area contributed by atoms with Crippen LogP contribution >= 0.6 is 0 Å². The standard InChI is InChI=1S/C11H11N3/c1-9-4-2-5-11-10(9)8-13-14(11)7-3-6-12/h2,4-5,8H,3,7H2,1H3. The van der Waals surface area contributed by atoms with Crippen LogP contribution in [0.25, 0.3) is 10.9 Å². The van der Waals surface area contributed by atoms with Crippen LogP contribution in [0.5, 0.6) is 0 Å². The van der Waals surface area contributed by atoms with Gasteiger partial charge in [-0.3, -0.25) is 4.68 Å². The van der Waals surface area contributed by atoms with Crippen LogP contribution in [0.1, 0.15) is 12.0 Å². The lowest BCUT2D eigenvalue weighted by Gasteiger charge is -1.99. The summed E-state index contributed by atoms with van der Waals surface area (Å²) in [7, 11) is 0. The van der Waals surface area contributed by atoms with Gasteiger partial charge in [-0.05, 0) is 18.6 Å². The molecule has 0 saturated heterocycles. The summed E-state index contributed by atoms with van der Waals surface area (Å²) < 4.78 is 1.88. The van der Waals surface area contributed by atoms with Crippen molar-refractivity contribution in [2.24, 2.45) is 0 Å². The first-order valence-corrected chi connectivity index (χ1v) is 4.61. The van der Waals surface area contributed by atoms with Gasteiger partial charge in [0, 0.05) is 5.39 Å². The summed E-state index contributed by atoms with van der Waals surface area (Å²) in [6, 6.07) is 8.24. The molecule has 3 nitrogen and oxygen atoms in total. The maximum absolute atomic E-state index is 8.50. The number of fused-ring (bicyclic) bond motifs is 1. The molecule has 1 aromatic carbocycles. The third-order valence-corrected chi connectivity index (χ3v) is 2.34.